The molecule has 104 valence electrons. The number of nitrogens with zero attached hydrogens (tertiary/aromatic N) is 2. The molecule has 0 aliphatic heterocycles. The van der Waals surface area contributed by atoms with Crippen molar-refractivity contribution in [2.45, 2.75) is 45.2 Å². The van der Waals surface area contributed by atoms with Gasteiger partial charge >= 0.3 is 5.97 Å². The van der Waals surface area contributed by atoms with Gasteiger partial charge in [-0.2, -0.15) is 0 Å². The van der Waals surface area contributed by atoms with Crippen molar-refractivity contribution in [2.24, 2.45) is 0 Å². The summed E-state index contributed by atoms with van der Waals surface area (Å²) in [5.41, 5.74) is -0.827. The first kappa shape index (κ1) is 13.6. The van der Waals surface area contributed by atoms with E-state index < -0.39 is 5.54 Å². The molecule has 0 radical (unpaired) electrons. The zero-order valence-corrected chi connectivity index (χ0v) is 11.8. The van der Waals surface area contributed by atoms with E-state index in [2.05, 4.69) is 20.6 Å². The van der Waals surface area contributed by atoms with Crippen LogP contribution in [-0.2, 0) is 9.53 Å². The highest BCUT2D eigenvalue weighted by atomic mass is 16.5. The molecule has 2 N–H and O–H groups in total. The number of rotatable bonds is 5. The van der Waals surface area contributed by atoms with Crippen molar-refractivity contribution in [2.75, 3.05) is 17.7 Å². The molecule has 0 spiro atoms. The molecular formula is C13H20N4O2. The van der Waals surface area contributed by atoms with Crippen molar-refractivity contribution in [3.63, 3.8) is 0 Å². The summed E-state index contributed by atoms with van der Waals surface area (Å²) in [6.45, 7) is 5.34. The summed E-state index contributed by atoms with van der Waals surface area (Å²) in [4.78, 5) is 20.3. The first-order chi connectivity index (χ1) is 8.90. The Labute approximate surface area is 113 Å². The van der Waals surface area contributed by atoms with Gasteiger partial charge in [0.05, 0.1) is 7.11 Å². The van der Waals surface area contributed by atoms with Crippen LogP contribution in [0.1, 0.15) is 32.5 Å². The van der Waals surface area contributed by atoms with Crippen LogP contribution in [-0.4, -0.2) is 34.6 Å². The number of aryl methyl sites for hydroxylation is 1. The van der Waals surface area contributed by atoms with Crippen LogP contribution in [0, 0.1) is 6.92 Å². The number of hydrogen-bond donors (Lipinski definition) is 2. The Morgan fingerprint density at radius 2 is 2.00 bits per heavy atom. The highest BCUT2D eigenvalue weighted by molar-refractivity contribution is 5.83. The third kappa shape index (κ3) is 3.56. The zero-order chi connectivity index (χ0) is 14.0. The van der Waals surface area contributed by atoms with Crippen LogP contribution >= 0.6 is 0 Å². The highest BCUT2D eigenvalue weighted by Crippen LogP contribution is 2.25. The van der Waals surface area contributed by atoms with Crippen LogP contribution < -0.4 is 10.6 Å². The molecule has 1 aromatic rings. The van der Waals surface area contributed by atoms with Gasteiger partial charge in [0.2, 0.25) is 0 Å². The third-order valence-corrected chi connectivity index (χ3v) is 2.90. The molecule has 1 heterocycles. The number of aromatic nitrogens is 2. The lowest BCUT2D eigenvalue weighted by atomic mass is 10.1. The van der Waals surface area contributed by atoms with Gasteiger partial charge in [0.25, 0.3) is 0 Å². The van der Waals surface area contributed by atoms with Crippen LogP contribution in [0.25, 0.3) is 0 Å². The van der Waals surface area contributed by atoms with Crippen molar-refractivity contribution >= 4 is 17.6 Å². The minimum atomic E-state index is -0.827. The van der Waals surface area contributed by atoms with Crippen LogP contribution in [0.5, 0.6) is 0 Å². The standard InChI is InChI=1S/C13H20N4O2/c1-8-14-10(16-9-5-6-9)7-11(15-8)17-13(2,3)12(18)19-4/h7,9H,5-6H2,1-4H3,(H2,14,15,16,17). The summed E-state index contributed by atoms with van der Waals surface area (Å²) in [6.07, 6.45) is 2.36. The highest BCUT2D eigenvalue weighted by Gasteiger charge is 2.29. The molecule has 0 aromatic carbocycles. The van der Waals surface area contributed by atoms with E-state index >= 15 is 0 Å². The van der Waals surface area contributed by atoms with Crippen LogP contribution in [0.15, 0.2) is 6.07 Å². The number of esters is 1. The number of anilines is 2. The summed E-state index contributed by atoms with van der Waals surface area (Å²) >= 11 is 0. The number of ether oxygens (including phenoxy) is 1. The lowest BCUT2D eigenvalue weighted by molar-refractivity contribution is -0.144. The molecule has 0 unspecified atom stereocenters. The van der Waals surface area contributed by atoms with E-state index in [1.807, 2.05) is 13.0 Å². The summed E-state index contributed by atoms with van der Waals surface area (Å²) in [7, 11) is 1.37. The minimum Gasteiger partial charge on any atom is -0.467 e. The predicted octanol–water partition coefficient (Wildman–Crippen LogP) is 1.72. The van der Waals surface area contributed by atoms with Gasteiger partial charge in [-0.3, -0.25) is 0 Å². The molecule has 0 atom stereocenters. The van der Waals surface area contributed by atoms with Gasteiger partial charge in [0, 0.05) is 12.1 Å². The van der Waals surface area contributed by atoms with Crippen molar-refractivity contribution in [1.29, 1.82) is 0 Å². The van der Waals surface area contributed by atoms with Crippen LogP contribution in [0.3, 0.4) is 0 Å². The van der Waals surface area contributed by atoms with Gasteiger partial charge in [0.15, 0.2) is 0 Å². The molecule has 1 aliphatic carbocycles. The molecule has 0 amide bonds. The Bertz CT molecular complexity index is 484. The second-order valence-electron chi connectivity index (χ2n) is 5.35. The maximum atomic E-state index is 11.7. The first-order valence-electron chi connectivity index (χ1n) is 6.39. The van der Waals surface area contributed by atoms with E-state index in [0.717, 1.165) is 5.82 Å². The number of carbonyl (C=O) groups excluding carboxylic acids is 1. The summed E-state index contributed by atoms with van der Waals surface area (Å²) in [6, 6.07) is 2.34. The molecule has 6 nitrogen and oxygen atoms in total. The van der Waals surface area contributed by atoms with Crippen LogP contribution in [0.4, 0.5) is 11.6 Å². The van der Waals surface area contributed by atoms with Gasteiger partial charge in [0.1, 0.15) is 23.0 Å². The molecule has 1 fully saturated rings. The topological polar surface area (TPSA) is 76.1 Å². The zero-order valence-electron chi connectivity index (χ0n) is 11.8. The molecule has 2 rings (SSSR count). The van der Waals surface area contributed by atoms with Gasteiger partial charge in [-0.05, 0) is 33.6 Å². The summed E-state index contributed by atoms with van der Waals surface area (Å²) in [5, 5.41) is 6.40. The Morgan fingerprint density at radius 3 is 2.58 bits per heavy atom. The predicted molar refractivity (Wildman–Crippen MR) is 73.1 cm³/mol. The summed E-state index contributed by atoms with van der Waals surface area (Å²) in [5.74, 6) is 1.73. The molecule has 1 aromatic heterocycles. The minimum absolute atomic E-state index is 0.333. The van der Waals surface area contributed by atoms with Crippen molar-refractivity contribution in [3.8, 4) is 0 Å². The number of hydrogen-bond acceptors (Lipinski definition) is 6. The van der Waals surface area contributed by atoms with Crippen molar-refractivity contribution in [1.82, 2.24) is 9.97 Å². The third-order valence-electron chi connectivity index (χ3n) is 2.90. The number of nitrogens with one attached hydrogen (secondary N) is 2. The average molecular weight is 264 g/mol. The van der Waals surface area contributed by atoms with Gasteiger partial charge < -0.3 is 15.4 Å². The molecule has 1 aliphatic rings. The molecular weight excluding hydrogens is 244 g/mol. The SMILES string of the molecule is COC(=O)C(C)(C)Nc1cc(NC2CC2)nc(C)n1. The molecule has 0 bridgehead atoms. The number of carbonyl (C=O) groups is 1. The van der Waals surface area contributed by atoms with E-state index in [1.54, 1.807) is 13.8 Å². The maximum Gasteiger partial charge on any atom is 0.330 e. The second-order valence-corrected chi connectivity index (χ2v) is 5.35. The lowest BCUT2D eigenvalue weighted by Gasteiger charge is -2.24. The van der Waals surface area contributed by atoms with Gasteiger partial charge in [-0.25, -0.2) is 14.8 Å². The number of methoxy groups -OCH3 is 1. The quantitative estimate of drug-likeness (QED) is 0.789. The van der Waals surface area contributed by atoms with E-state index in [4.69, 9.17) is 4.74 Å². The van der Waals surface area contributed by atoms with Crippen molar-refractivity contribution < 1.29 is 9.53 Å². The fourth-order valence-corrected chi connectivity index (χ4v) is 1.77. The Hall–Kier alpha value is -1.85. The average Bonchev–Trinajstić information content (AvgIpc) is 3.10. The largest absolute Gasteiger partial charge is 0.467 e. The molecule has 19 heavy (non-hydrogen) atoms. The van der Waals surface area contributed by atoms with Crippen LogP contribution in [0.2, 0.25) is 0 Å². The lowest BCUT2D eigenvalue weighted by Crippen LogP contribution is -2.41. The Kier molecular flexibility index (Phi) is 3.59. The fraction of sp³-hybridized carbons (Fsp3) is 0.615. The molecule has 1 saturated carbocycles. The fourth-order valence-electron chi connectivity index (χ4n) is 1.77. The molecule has 0 saturated heterocycles. The normalized spacial score (nSPS) is 14.9. The monoisotopic (exact) mass is 264 g/mol. The second kappa shape index (κ2) is 5.03. The van der Waals surface area contributed by atoms with E-state index in [1.165, 1.54) is 20.0 Å². The maximum absolute atomic E-state index is 11.7. The first-order valence-corrected chi connectivity index (χ1v) is 6.39. The van der Waals surface area contributed by atoms with E-state index in [0.29, 0.717) is 17.7 Å². The molecule has 6 heteroatoms. The summed E-state index contributed by atoms with van der Waals surface area (Å²) < 4.78 is 4.76. The van der Waals surface area contributed by atoms with Gasteiger partial charge in [-0.15, -0.1) is 0 Å². The van der Waals surface area contributed by atoms with Gasteiger partial charge in [-0.1, -0.05) is 0 Å². The smallest absolute Gasteiger partial charge is 0.330 e. The van der Waals surface area contributed by atoms with E-state index in [9.17, 15) is 4.79 Å². The van der Waals surface area contributed by atoms with E-state index in [-0.39, 0.29) is 5.97 Å². The van der Waals surface area contributed by atoms with Crippen molar-refractivity contribution in [3.05, 3.63) is 11.9 Å². The Balaban J connectivity index is 2.14. The Morgan fingerprint density at radius 1 is 1.37 bits per heavy atom.